The molecule has 3 aromatic rings. The molecule has 0 fully saturated rings. The van der Waals surface area contributed by atoms with Gasteiger partial charge in [0.1, 0.15) is 6.54 Å². The summed E-state index contributed by atoms with van der Waals surface area (Å²) in [7, 11) is -2.04. The molecule has 2 aromatic carbocycles. The Morgan fingerprint density at radius 2 is 1.78 bits per heavy atom. The second kappa shape index (κ2) is 8.28. The molecule has 0 saturated heterocycles. The van der Waals surface area contributed by atoms with Gasteiger partial charge < -0.3 is 0 Å². The molecule has 6 nitrogen and oxygen atoms in total. The third-order valence-electron chi connectivity index (χ3n) is 4.26. The van der Waals surface area contributed by atoms with E-state index in [9.17, 15) is 8.42 Å². The second-order valence-corrected chi connectivity index (χ2v) is 7.80. The van der Waals surface area contributed by atoms with Crippen LogP contribution in [0.25, 0.3) is 10.9 Å². The number of hydrazone groups is 1. The van der Waals surface area contributed by atoms with E-state index in [0.29, 0.717) is 13.0 Å². The van der Waals surface area contributed by atoms with Crippen molar-refractivity contribution in [3.05, 3.63) is 72.4 Å². The van der Waals surface area contributed by atoms with Crippen molar-refractivity contribution in [3.8, 4) is 0 Å². The van der Waals surface area contributed by atoms with E-state index >= 15 is 0 Å². The molecule has 3 rings (SSSR count). The standard InChI is InChI=1S/C20H21N3O3S/c1-22(18-8-3-2-4-9-18)21-16-17-12-14-23(13-7-15-27(24,25)26)20-11-6-5-10-19(17)20/h2-6,8-12,14,16H,7,13,15H2,1H3/p+1. The van der Waals surface area contributed by atoms with Gasteiger partial charge in [0.25, 0.3) is 10.1 Å². The number of hydrogen-bond acceptors (Lipinski definition) is 4. The van der Waals surface area contributed by atoms with Crippen LogP contribution in [0.2, 0.25) is 0 Å². The summed E-state index contributed by atoms with van der Waals surface area (Å²) in [6.45, 7) is 0.502. The lowest BCUT2D eigenvalue weighted by Gasteiger charge is -2.12. The molecule has 7 heteroatoms. The Morgan fingerprint density at radius 1 is 1.07 bits per heavy atom. The average molecular weight is 384 g/mol. The normalized spacial score (nSPS) is 11.9. The summed E-state index contributed by atoms with van der Waals surface area (Å²) in [5.74, 6) is -0.251. The molecule has 0 spiro atoms. The molecule has 0 saturated carbocycles. The minimum Gasteiger partial charge on any atom is -0.286 e. The lowest BCUT2D eigenvalue weighted by Crippen LogP contribution is -2.35. The van der Waals surface area contributed by atoms with E-state index in [1.807, 2.05) is 89.7 Å². The zero-order valence-corrected chi connectivity index (χ0v) is 15.9. The van der Waals surface area contributed by atoms with Crippen LogP contribution in [0.4, 0.5) is 5.69 Å². The third-order valence-corrected chi connectivity index (χ3v) is 5.06. The molecule has 0 aliphatic carbocycles. The van der Waals surface area contributed by atoms with E-state index < -0.39 is 10.1 Å². The van der Waals surface area contributed by atoms with E-state index in [1.165, 1.54) is 0 Å². The van der Waals surface area contributed by atoms with Gasteiger partial charge in [-0.2, -0.15) is 18.1 Å². The van der Waals surface area contributed by atoms with Crippen molar-refractivity contribution < 1.29 is 17.5 Å². The van der Waals surface area contributed by atoms with Crippen LogP contribution in [0.5, 0.6) is 0 Å². The van der Waals surface area contributed by atoms with Crippen molar-refractivity contribution in [2.24, 2.45) is 5.10 Å². The molecule has 0 bridgehead atoms. The lowest BCUT2D eigenvalue weighted by atomic mass is 10.1. The predicted molar refractivity (Wildman–Crippen MR) is 108 cm³/mol. The number of pyridine rings is 1. The van der Waals surface area contributed by atoms with Crippen LogP contribution in [0, 0.1) is 0 Å². The summed E-state index contributed by atoms with van der Waals surface area (Å²) in [4.78, 5) is 0. The molecule has 1 heterocycles. The van der Waals surface area contributed by atoms with Crippen LogP contribution in [0.3, 0.4) is 0 Å². The molecule has 0 amide bonds. The number of aryl methyl sites for hydroxylation is 1. The highest BCUT2D eigenvalue weighted by atomic mass is 32.2. The molecule has 0 aliphatic heterocycles. The zero-order valence-electron chi connectivity index (χ0n) is 15.1. The Hall–Kier alpha value is -2.77. The molecule has 0 unspecified atom stereocenters. The van der Waals surface area contributed by atoms with Crippen molar-refractivity contribution in [2.75, 3.05) is 17.8 Å². The van der Waals surface area contributed by atoms with Crippen LogP contribution in [0.1, 0.15) is 12.0 Å². The molecular formula is C20H22N3O3S+. The summed E-state index contributed by atoms with van der Waals surface area (Å²) in [6, 6.07) is 19.7. The summed E-state index contributed by atoms with van der Waals surface area (Å²) >= 11 is 0. The first-order chi connectivity index (χ1) is 12.9. The van der Waals surface area contributed by atoms with Gasteiger partial charge in [0.15, 0.2) is 6.20 Å². The fourth-order valence-corrected chi connectivity index (χ4v) is 3.39. The van der Waals surface area contributed by atoms with Crippen LogP contribution < -0.4 is 9.58 Å². The predicted octanol–water partition coefficient (Wildman–Crippen LogP) is 2.88. The van der Waals surface area contributed by atoms with Crippen molar-refractivity contribution in [3.63, 3.8) is 0 Å². The molecule has 27 heavy (non-hydrogen) atoms. The van der Waals surface area contributed by atoms with E-state index in [-0.39, 0.29) is 5.75 Å². The number of nitrogens with zero attached hydrogens (tertiary/aromatic N) is 3. The number of anilines is 1. The molecule has 140 valence electrons. The Balaban J connectivity index is 1.85. The number of aromatic nitrogens is 1. The smallest absolute Gasteiger partial charge is 0.265 e. The number of rotatable bonds is 7. The Labute approximate surface area is 159 Å². The second-order valence-electron chi connectivity index (χ2n) is 6.22. The molecular weight excluding hydrogens is 362 g/mol. The van der Waals surface area contributed by atoms with Crippen molar-refractivity contribution in [2.45, 2.75) is 13.0 Å². The van der Waals surface area contributed by atoms with E-state index in [2.05, 4.69) is 5.10 Å². The van der Waals surface area contributed by atoms with Crippen molar-refractivity contribution >= 4 is 32.9 Å². The van der Waals surface area contributed by atoms with Crippen LogP contribution in [-0.2, 0) is 16.7 Å². The zero-order chi connectivity index (χ0) is 19.3. The van der Waals surface area contributed by atoms with Gasteiger partial charge in [0.05, 0.1) is 23.0 Å². The van der Waals surface area contributed by atoms with Gasteiger partial charge in [0, 0.05) is 31.2 Å². The van der Waals surface area contributed by atoms with Gasteiger partial charge in [-0.25, -0.2) is 0 Å². The first-order valence-electron chi connectivity index (χ1n) is 8.63. The first-order valence-corrected chi connectivity index (χ1v) is 10.2. The van der Waals surface area contributed by atoms with E-state index in [1.54, 1.807) is 0 Å². The SMILES string of the molecule is CN(/N=C/c1cc[n+](CCCS(=O)(=O)O)c2ccccc12)c1ccccc1. The average Bonchev–Trinajstić information content (AvgIpc) is 2.66. The van der Waals surface area contributed by atoms with Gasteiger partial charge in [-0.1, -0.05) is 30.3 Å². The van der Waals surface area contributed by atoms with Crippen molar-refractivity contribution in [1.29, 1.82) is 0 Å². The summed E-state index contributed by atoms with van der Waals surface area (Å²) in [5, 5.41) is 7.36. The molecule has 0 atom stereocenters. The Kier molecular flexibility index (Phi) is 5.83. The molecule has 0 aliphatic rings. The monoisotopic (exact) mass is 384 g/mol. The molecule has 0 radical (unpaired) electrons. The highest BCUT2D eigenvalue weighted by molar-refractivity contribution is 7.85. The number of benzene rings is 2. The topological polar surface area (TPSA) is 73.8 Å². The highest BCUT2D eigenvalue weighted by Crippen LogP contribution is 2.15. The largest absolute Gasteiger partial charge is 0.286 e. The van der Waals surface area contributed by atoms with Gasteiger partial charge in [-0.3, -0.25) is 9.56 Å². The fraction of sp³-hybridized carbons (Fsp3) is 0.200. The molecule has 1 N–H and O–H groups in total. The third kappa shape index (κ3) is 5.12. The van der Waals surface area contributed by atoms with Crippen LogP contribution in [-0.4, -0.2) is 32.0 Å². The van der Waals surface area contributed by atoms with Gasteiger partial charge in [-0.05, 0) is 18.2 Å². The van der Waals surface area contributed by atoms with E-state index in [4.69, 9.17) is 4.55 Å². The number of hydrogen-bond donors (Lipinski definition) is 1. The maximum absolute atomic E-state index is 10.9. The Morgan fingerprint density at radius 3 is 2.52 bits per heavy atom. The minimum absolute atomic E-state index is 0.251. The lowest BCUT2D eigenvalue weighted by molar-refractivity contribution is -0.671. The summed E-state index contributed by atoms with van der Waals surface area (Å²) < 4.78 is 32.8. The first kappa shape index (κ1) is 19.0. The Bertz CT molecular complexity index is 1050. The maximum Gasteiger partial charge on any atom is 0.265 e. The van der Waals surface area contributed by atoms with Gasteiger partial charge in [0.2, 0.25) is 5.52 Å². The van der Waals surface area contributed by atoms with Gasteiger partial charge in [-0.15, -0.1) is 0 Å². The van der Waals surface area contributed by atoms with E-state index in [0.717, 1.165) is 22.2 Å². The summed E-state index contributed by atoms with van der Waals surface area (Å²) in [5.41, 5.74) is 2.95. The quantitative estimate of drug-likeness (QED) is 0.294. The number of fused-ring (bicyclic) bond motifs is 1. The minimum atomic E-state index is -3.94. The van der Waals surface area contributed by atoms with Crippen LogP contribution in [0.15, 0.2) is 72.0 Å². The summed E-state index contributed by atoms with van der Waals surface area (Å²) in [6.07, 6.45) is 4.08. The molecule has 1 aromatic heterocycles. The van der Waals surface area contributed by atoms with Gasteiger partial charge >= 0.3 is 0 Å². The maximum atomic E-state index is 10.9. The number of para-hydroxylation sites is 2. The fourth-order valence-electron chi connectivity index (χ4n) is 2.89. The van der Waals surface area contributed by atoms with Crippen LogP contribution >= 0.6 is 0 Å². The highest BCUT2D eigenvalue weighted by Gasteiger charge is 2.13. The van der Waals surface area contributed by atoms with Crippen molar-refractivity contribution in [1.82, 2.24) is 0 Å².